The molecule has 0 unspecified atom stereocenters. The Morgan fingerprint density at radius 2 is 1.91 bits per heavy atom. The van der Waals surface area contributed by atoms with Gasteiger partial charge in [0.05, 0.1) is 26.7 Å². The molecule has 0 heterocycles. The lowest BCUT2D eigenvalue weighted by atomic mass is 9.96. The Morgan fingerprint density at radius 1 is 1.09 bits per heavy atom. The van der Waals surface area contributed by atoms with E-state index in [9.17, 15) is 0 Å². The normalized spacial score (nSPS) is 10.1. The Balaban J connectivity index is 2.32. The van der Waals surface area contributed by atoms with E-state index in [1.165, 1.54) is 0 Å². The lowest BCUT2D eigenvalue weighted by molar-refractivity contribution is 0.351. The molecule has 0 spiro atoms. The molecule has 0 fully saturated rings. The molecule has 4 heteroatoms. The highest BCUT2D eigenvalue weighted by atomic mass is 35.5. The summed E-state index contributed by atoms with van der Waals surface area (Å²) in [6, 6.07) is 13.8. The number of nitriles is 1. The van der Waals surface area contributed by atoms with E-state index >= 15 is 0 Å². The number of hydrogen-bond acceptors (Lipinski definition) is 3. The van der Waals surface area contributed by atoms with Crippen molar-refractivity contribution in [3.8, 4) is 17.6 Å². The SMILES string of the molecule is COc1ccc(CC#N)c(CCc2cccc(Cl)c2)c1OC. The number of methoxy groups -OCH3 is 2. The monoisotopic (exact) mass is 315 g/mol. The fourth-order valence-corrected chi connectivity index (χ4v) is 2.73. The second kappa shape index (κ2) is 7.72. The van der Waals surface area contributed by atoms with Crippen molar-refractivity contribution in [1.29, 1.82) is 5.26 Å². The van der Waals surface area contributed by atoms with Gasteiger partial charge in [-0.1, -0.05) is 29.8 Å². The van der Waals surface area contributed by atoms with Gasteiger partial charge < -0.3 is 9.47 Å². The maximum atomic E-state index is 9.02. The average molecular weight is 316 g/mol. The molecule has 22 heavy (non-hydrogen) atoms. The molecule has 0 aromatic heterocycles. The Kier molecular flexibility index (Phi) is 5.68. The lowest BCUT2D eigenvalue weighted by Gasteiger charge is -2.16. The van der Waals surface area contributed by atoms with E-state index < -0.39 is 0 Å². The molecular formula is C18H18ClNO2. The van der Waals surface area contributed by atoms with Crippen molar-refractivity contribution in [2.75, 3.05) is 14.2 Å². The molecule has 0 amide bonds. The first-order chi connectivity index (χ1) is 10.7. The number of rotatable bonds is 6. The molecule has 0 saturated heterocycles. The summed E-state index contributed by atoms with van der Waals surface area (Å²) in [5.74, 6) is 1.39. The van der Waals surface area contributed by atoms with E-state index in [0.717, 1.165) is 34.6 Å². The van der Waals surface area contributed by atoms with Crippen molar-refractivity contribution in [3.05, 3.63) is 58.1 Å². The van der Waals surface area contributed by atoms with Crippen molar-refractivity contribution in [1.82, 2.24) is 0 Å². The van der Waals surface area contributed by atoms with Crippen LogP contribution in [0.2, 0.25) is 5.02 Å². The Labute approximate surface area is 136 Å². The van der Waals surface area contributed by atoms with Crippen LogP contribution in [0.4, 0.5) is 0 Å². The number of halogens is 1. The first-order valence-corrected chi connectivity index (χ1v) is 7.41. The van der Waals surface area contributed by atoms with Crippen LogP contribution < -0.4 is 9.47 Å². The number of ether oxygens (including phenoxy) is 2. The van der Waals surface area contributed by atoms with Crippen molar-refractivity contribution in [2.45, 2.75) is 19.3 Å². The van der Waals surface area contributed by atoms with Gasteiger partial charge >= 0.3 is 0 Å². The quantitative estimate of drug-likeness (QED) is 0.802. The molecule has 2 aromatic rings. The molecule has 2 aromatic carbocycles. The van der Waals surface area contributed by atoms with Gasteiger partial charge in [-0.3, -0.25) is 0 Å². The van der Waals surface area contributed by atoms with Crippen LogP contribution in [0.25, 0.3) is 0 Å². The minimum Gasteiger partial charge on any atom is -0.493 e. The fourth-order valence-electron chi connectivity index (χ4n) is 2.52. The third kappa shape index (κ3) is 3.72. The largest absolute Gasteiger partial charge is 0.493 e. The van der Waals surface area contributed by atoms with Gasteiger partial charge in [-0.25, -0.2) is 0 Å². The van der Waals surface area contributed by atoms with E-state index in [2.05, 4.69) is 6.07 Å². The van der Waals surface area contributed by atoms with Gasteiger partial charge in [-0.15, -0.1) is 0 Å². The van der Waals surface area contributed by atoms with Gasteiger partial charge in [0, 0.05) is 10.6 Å². The summed E-state index contributed by atoms with van der Waals surface area (Å²) in [6.07, 6.45) is 1.94. The highest BCUT2D eigenvalue weighted by molar-refractivity contribution is 6.30. The van der Waals surface area contributed by atoms with Crippen LogP contribution in [0.15, 0.2) is 36.4 Å². The minimum atomic E-state index is 0.352. The number of hydrogen-bond donors (Lipinski definition) is 0. The standard InChI is InChI=1S/C18H18ClNO2/c1-21-17-9-7-14(10-11-20)16(18(17)22-2)8-6-13-4-3-5-15(19)12-13/h3-5,7,9,12H,6,8,10H2,1-2H3. The van der Waals surface area contributed by atoms with Gasteiger partial charge in [-0.05, 0) is 42.2 Å². The predicted molar refractivity (Wildman–Crippen MR) is 87.7 cm³/mol. The molecule has 0 aliphatic carbocycles. The summed E-state index contributed by atoms with van der Waals surface area (Å²) in [5, 5.41) is 9.75. The number of benzene rings is 2. The third-order valence-corrected chi connectivity index (χ3v) is 3.80. The highest BCUT2D eigenvalue weighted by Crippen LogP contribution is 2.34. The van der Waals surface area contributed by atoms with E-state index in [0.29, 0.717) is 17.9 Å². The van der Waals surface area contributed by atoms with Crippen molar-refractivity contribution in [3.63, 3.8) is 0 Å². The van der Waals surface area contributed by atoms with Crippen LogP contribution >= 0.6 is 11.6 Å². The zero-order chi connectivity index (χ0) is 15.9. The lowest BCUT2D eigenvalue weighted by Crippen LogP contribution is -2.03. The molecule has 0 radical (unpaired) electrons. The zero-order valence-corrected chi connectivity index (χ0v) is 13.5. The van der Waals surface area contributed by atoms with E-state index in [1.54, 1.807) is 14.2 Å². The Bertz CT molecular complexity index is 692. The van der Waals surface area contributed by atoms with Crippen LogP contribution in [0, 0.1) is 11.3 Å². The first kappa shape index (κ1) is 16.2. The predicted octanol–water partition coefficient (Wildman–Crippen LogP) is 4.21. The van der Waals surface area contributed by atoms with Gasteiger partial charge in [0.15, 0.2) is 11.5 Å². The van der Waals surface area contributed by atoms with Crippen LogP contribution in [0.1, 0.15) is 16.7 Å². The van der Waals surface area contributed by atoms with E-state index in [-0.39, 0.29) is 0 Å². The van der Waals surface area contributed by atoms with Gasteiger partial charge in [-0.2, -0.15) is 5.26 Å². The maximum absolute atomic E-state index is 9.02. The molecule has 0 atom stereocenters. The first-order valence-electron chi connectivity index (χ1n) is 7.03. The topological polar surface area (TPSA) is 42.2 Å². The zero-order valence-electron chi connectivity index (χ0n) is 12.7. The van der Waals surface area contributed by atoms with E-state index in [1.807, 2.05) is 36.4 Å². The fraction of sp³-hybridized carbons (Fsp3) is 0.278. The molecule has 0 aliphatic heterocycles. The smallest absolute Gasteiger partial charge is 0.164 e. The van der Waals surface area contributed by atoms with E-state index in [4.69, 9.17) is 26.3 Å². The number of aryl methyl sites for hydroxylation is 1. The average Bonchev–Trinajstić information content (AvgIpc) is 2.53. The molecule has 0 N–H and O–H groups in total. The highest BCUT2D eigenvalue weighted by Gasteiger charge is 2.14. The van der Waals surface area contributed by atoms with Crippen LogP contribution in [-0.2, 0) is 19.3 Å². The maximum Gasteiger partial charge on any atom is 0.164 e. The summed E-state index contributed by atoms with van der Waals surface area (Å²) < 4.78 is 10.9. The summed E-state index contributed by atoms with van der Waals surface area (Å²) in [5.41, 5.74) is 3.14. The van der Waals surface area contributed by atoms with Crippen LogP contribution in [-0.4, -0.2) is 14.2 Å². The Morgan fingerprint density at radius 3 is 2.55 bits per heavy atom. The van der Waals surface area contributed by atoms with Crippen LogP contribution in [0.3, 0.4) is 0 Å². The summed E-state index contributed by atoms with van der Waals surface area (Å²) >= 11 is 6.03. The van der Waals surface area contributed by atoms with Crippen molar-refractivity contribution >= 4 is 11.6 Å². The second-order valence-corrected chi connectivity index (χ2v) is 5.34. The summed E-state index contributed by atoms with van der Waals surface area (Å²) in [6.45, 7) is 0. The molecule has 2 rings (SSSR count). The van der Waals surface area contributed by atoms with Crippen molar-refractivity contribution < 1.29 is 9.47 Å². The van der Waals surface area contributed by atoms with Crippen LogP contribution in [0.5, 0.6) is 11.5 Å². The molecule has 3 nitrogen and oxygen atoms in total. The van der Waals surface area contributed by atoms with Gasteiger partial charge in [0.2, 0.25) is 0 Å². The number of nitrogens with zero attached hydrogens (tertiary/aromatic N) is 1. The molecular weight excluding hydrogens is 298 g/mol. The molecule has 114 valence electrons. The second-order valence-electron chi connectivity index (χ2n) is 4.90. The molecule has 0 bridgehead atoms. The minimum absolute atomic E-state index is 0.352. The molecule has 0 aliphatic rings. The molecule has 0 saturated carbocycles. The third-order valence-electron chi connectivity index (χ3n) is 3.57. The van der Waals surface area contributed by atoms with Gasteiger partial charge in [0.1, 0.15) is 0 Å². The Hall–Kier alpha value is -2.18. The van der Waals surface area contributed by atoms with Crippen molar-refractivity contribution in [2.24, 2.45) is 0 Å². The van der Waals surface area contributed by atoms with Gasteiger partial charge in [0.25, 0.3) is 0 Å². The summed E-state index contributed by atoms with van der Waals surface area (Å²) in [7, 11) is 3.24. The summed E-state index contributed by atoms with van der Waals surface area (Å²) in [4.78, 5) is 0.